The van der Waals surface area contributed by atoms with Gasteiger partial charge in [0.15, 0.2) is 6.61 Å². The smallest absolute Gasteiger partial charge is 0.422 e. The van der Waals surface area contributed by atoms with Crippen molar-refractivity contribution in [3.8, 4) is 0 Å². The highest BCUT2D eigenvalue weighted by atomic mass is 19.4. The van der Waals surface area contributed by atoms with Gasteiger partial charge in [-0.05, 0) is 12.0 Å². The van der Waals surface area contributed by atoms with Crippen LogP contribution in [0.15, 0.2) is 16.8 Å². The van der Waals surface area contributed by atoms with Crippen LogP contribution >= 0.6 is 0 Å². The summed E-state index contributed by atoms with van der Waals surface area (Å²) in [6.07, 6.45) is 0.0709. The van der Waals surface area contributed by atoms with E-state index in [0.29, 0.717) is 0 Å². The van der Waals surface area contributed by atoms with Gasteiger partial charge in [-0.3, -0.25) is 4.99 Å². The van der Waals surface area contributed by atoms with Crippen molar-refractivity contribution in [1.82, 2.24) is 0 Å². The maximum absolute atomic E-state index is 12.2. The number of rotatable bonds is 5. The van der Waals surface area contributed by atoms with Crippen molar-refractivity contribution in [3.05, 3.63) is 11.8 Å². The molecule has 0 amide bonds. The number of alkyl halides is 3. The molecule has 2 N–H and O–H groups in total. The van der Waals surface area contributed by atoms with E-state index < -0.39 is 18.3 Å². The fourth-order valence-electron chi connectivity index (χ4n) is 2.25. The summed E-state index contributed by atoms with van der Waals surface area (Å²) in [6, 6.07) is 0. The molecule has 1 aliphatic heterocycles. The summed E-state index contributed by atoms with van der Waals surface area (Å²) in [5.41, 5.74) is 5.30. The van der Waals surface area contributed by atoms with Crippen LogP contribution in [0.4, 0.5) is 13.2 Å². The summed E-state index contributed by atoms with van der Waals surface area (Å²) in [4.78, 5) is 4.05. The molecule has 0 saturated carbocycles. The fourth-order valence-corrected chi connectivity index (χ4v) is 2.25. The number of hydrogen-bond donors (Lipinski definition) is 1. The molecule has 1 aliphatic rings. The van der Waals surface area contributed by atoms with Crippen LogP contribution in [0.3, 0.4) is 0 Å². The Morgan fingerprint density at radius 3 is 2.56 bits per heavy atom. The third-order valence-electron chi connectivity index (χ3n) is 3.25. The molecular weight excluding hydrogens is 245 g/mol. The Labute approximate surface area is 105 Å². The van der Waals surface area contributed by atoms with Crippen molar-refractivity contribution in [1.29, 1.82) is 0 Å². The first-order valence-electron chi connectivity index (χ1n) is 6.02. The summed E-state index contributed by atoms with van der Waals surface area (Å²) in [5, 5.41) is 0. The number of allylic oxidation sites excluding steroid dienone is 1. The number of aliphatic imine (C=N–C) groups is 1. The lowest BCUT2D eigenvalue weighted by Crippen LogP contribution is -2.53. The molecule has 0 aromatic carbocycles. The molecule has 1 rings (SSSR count). The van der Waals surface area contributed by atoms with Crippen molar-refractivity contribution in [2.75, 3.05) is 13.2 Å². The van der Waals surface area contributed by atoms with Crippen LogP contribution in [-0.4, -0.2) is 31.1 Å². The zero-order chi connectivity index (χ0) is 13.8. The highest BCUT2D eigenvalue weighted by Crippen LogP contribution is 2.32. The minimum absolute atomic E-state index is 0.0504. The first kappa shape index (κ1) is 15.0. The van der Waals surface area contributed by atoms with E-state index in [1.807, 2.05) is 13.8 Å². The third kappa shape index (κ3) is 3.48. The molecule has 1 heterocycles. The highest BCUT2D eigenvalue weighted by Gasteiger charge is 2.41. The van der Waals surface area contributed by atoms with Crippen molar-refractivity contribution >= 4 is 6.21 Å². The summed E-state index contributed by atoms with van der Waals surface area (Å²) in [6.45, 7) is 2.87. The molecule has 0 spiro atoms. The van der Waals surface area contributed by atoms with Crippen molar-refractivity contribution in [2.24, 2.45) is 16.6 Å². The first-order valence-corrected chi connectivity index (χ1v) is 6.02. The Hall–Kier alpha value is -1.04. The molecule has 0 aromatic heterocycles. The molecule has 0 aromatic rings. The Morgan fingerprint density at radius 2 is 2.06 bits per heavy atom. The van der Waals surface area contributed by atoms with Crippen LogP contribution < -0.4 is 5.73 Å². The van der Waals surface area contributed by atoms with Crippen LogP contribution in [0.2, 0.25) is 0 Å². The lowest BCUT2D eigenvalue weighted by atomic mass is 9.78. The molecule has 6 heteroatoms. The van der Waals surface area contributed by atoms with Crippen LogP contribution in [0, 0.1) is 5.92 Å². The average Bonchev–Trinajstić information content (AvgIpc) is 2.28. The Morgan fingerprint density at radius 1 is 1.44 bits per heavy atom. The molecule has 0 saturated heterocycles. The van der Waals surface area contributed by atoms with Gasteiger partial charge in [0.1, 0.15) is 5.76 Å². The van der Waals surface area contributed by atoms with E-state index in [4.69, 9.17) is 10.5 Å². The Bertz CT molecular complexity index is 335. The second-order valence-electron chi connectivity index (χ2n) is 4.48. The van der Waals surface area contributed by atoms with E-state index in [-0.39, 0.29) is 18.2 Å². The summed E-state index contributed by atoms with van der Waals surface area (Å²) in [5.74, 6) is 0.234. The molecular formula is C12H19F3N2O. The van der Waals surface area contributed by atoms with E-state index in [2.05, 4.69) is 4.99 Å². The van der Waals surface area contributed by atoms with Crippen molar-refractivity contribution in [2.45, 2.75) is 38.4 Å². The van der Waals surface area contributed by atoms with E-state index in [9.17, 15) is 13.2 Å². The molecule has 3 nitrogen and oxygen atoms in total. The molecule has 1 atom stereocenters. The number of hydrogen-bond acceptors (Lipinski definition) is 3. The minimum atomic E-state index is -4.36. The van der Waals surface area contributed by atoms with Gasteiger partial charge in [0.25, 0.3) is 0 Å². The number of nitrogens with two attached hydrogens (primary N) is 1. The molecule has 0 fully saturated rings. The normalized spacial score (nSPS) is 24.3. The number of ether oxygens (including phenoxy) is 1. The second kappa shape index (κ2) is 5.73. The maximum Gasteiger partial charge on any atom is 0.422 e. The van der Waals surface area contributed by atoms with Crippen LogP contribution in [-0.2, 0) is 4.74 Å². The predicted octanol–water partition coefficient (Wildman–Crippen LogP) is 2.67. The average molecular weight is 264 g/mol. The number of dihydropyridines is 1. The van der Waals surface area contributed by atoms with Crippen molar-refractivity contribution < 1.29 is 17.9 Å². The van der Waals surface area contributed by atoms with Gasteiger partial charge in [-0.15, -0.1) is 0 Å². The third-order valence-corrected chi connectivity index (χ3v) is 3.25. The lowest BCUT2D eigenvalue weighted by molar-refractivity contribution is -0.167. The standard InChI is InChI=1S/C12H19F3N2O/c1-3-9(4-2)11(16)7-17-6-5-10(11)18-8-12(13,14)15/h5-6,9H,3-4,7-8,16H2,1-2H3. The summed E-state index contributed by atoms with van der Waals surface area (Å²) < 4.78 is 41.5. The van der Waals surface area contributed by atoms with Crippen LogP contribution in [0.25, 0.3) is 0 Å². The van der Waals surface area contributed by atoms with E-state index in [1.165, 1.54) is 12.3 Å². The quantitative estimate of drug-likeness (QED) is 0.829. The van der Waals surface area contributed by atoms with Gasteiger partial charge in [0.05, 0.1) is 12.1 Å². The Balaban J connectivity index is 2.84. The summed E-state index contributed by atoms with van der Waals surface area (Å²) in [7, 11) is 0. The van der Waals surface area contributed by atoms with Gasteiger partial charge >= 0.3 is 6.18 Å². The molecule has 0 bridgehead atoms. The largest absolute Gasteiger partial charge is 0.486 e. The van der Waals surface area contributed by atoms with Gasteiger partial charge in [-0.1, -0.05) is 26.7 Å². The molecule has 0 radical (unpaired) electrons. The predicted molar refractivity (Wildman–Crippen MR) is 64.4 cm³/mol. The monoisotopic (exact) mass is 264 g/mol. The molecule has 104 valence electrons. The van der Waals surface area contributed by atoms with Crippen LogP contribution in [0.1, 0.15) is 26.7 Å². The van der Waals surface area contributed by atoms with Gasteiger partial charge in [-0.2, -0.15) is 13.2 Å². The topological polar surface area (TPSA) is 47.6 Å². The number of halogens is 3. The zero-order valence-corrected chi connectivity index (χ0v) is 10.6. The second-order valence-corrected chi connectivity index (χ2v) is 4.48. The zero-order valence-electron chi connectivity index (χ0n) is 10.6. The first-order chi connectivity index (χ1) is 8.33. The molecule has 18 heavy (non-hydrogen) atoms. The number of nitrogens with zero attached hydrogens (tertiary/aromatic N) is 1. The highest BCUT2D eigenvalue weighted by molar-refractivity contribution is 5.74. The van der Waals surface area contributed by atoms with E-state index in [0.717, 1.165) is 12.8 Å². The summed E-state index contributed by atoms with van der Waals surface area (Å²) >= 11 is 0. The van der Waals surface area contributed by atoms with Gasteiger partial charge in [-0.25, -0.2) is 0 Å². The van der Waals surface area contributed by atoms with Gasteiger partial charge in [0.2, 0.25) is 0 Å². The molecule has 1 unspecified atom stereocenters. The minimum Gasteiger partial charge on any atom is -0.486 e. The SMILES string of the molecule is CCC(CC)C1(N)CN=CC=C1OCC(F)(F)F. The molecule has 0 aliphatic carbocycles. The van der Waals surface area contributed by atoms with Gasteiger partial charge in [0, 0.05) is 6.21 Å². The Kier molecular flexibility index (Phi) is 4.78. The van der Waals surface area contributed by atoms with E-state index in [1.54, 1.807) is 0 Å². The lowest BCUT2D eigenvalue weighted by Gasteiger charge is -2.38. The van der Waals surface area contributed by atoms with Crippen molar-refractivity contribution in [3.63, 3.8) is 0 Å². The van der Waals surface area contributed by atoms with Gasteiger partial charge < -0.3 is 10.5 Å². The van der Waals surface area contributed by atoms with E-state index >= 15 is 0 Å². The fraction of sp³-hybridized carbons (Fsp3) is 0.750. The van der Waals surface area contributed by atoms with Crippen LogP contribution in [0.5, 0.6) is 0 Å². The maximum atomic E-state index is 12.2.